The minimum atomic E-state index is -0.191. The average molecular weight is 626 g/mol. The normalized spacial score (nSPS) is 13.2. The molecule has 10 rings (SSSR count). The van der Waals surface area contributed by atoms with Crippen LogP contribution < -0.4 is 0 Å². The molecule has 0 radical (unpaired) electrons. The summed E-state index contributed by atoms with van der Waals surface area (Å²) in [5.41, 5.74) is 15.0. The minimum absolute atomic E-state index is 0.191. The fraction of sp³-hybridized carbons (Fsp3) is 0.0652. The molecule has 1 aliphatic rings. The van der Waals surface area contributed by atoms with Gasteiger partial charge >= 0.3 is 0 Å². The molecule has 0 atom stereocenters. The largest absolute Gasteiger partial charge is 0.309 e. The smallest absolute Gasteiger partial charge is 0.0991 e. The zero-order valence-electron chi connectivity index (χ0n) is 27.3. The Morgan fingerprint density at radius 2 is 1.10 bits per heavy atom. The number of aromatic nitrogens is 2. The lowest BCUT2D eigenvalue weighted by Crippen LogP contribution is -2.16. The number of rotatable bonds is 3. The number of hydrogen-bond acceptors (Lipinski definition) is 1. The third-order valence-corrected chi connectivity index (χ3v) is 10.7. The second kappa shape index (κ2) is 10.1. The quantitative estimate of drug-likeness (QED) is 0.192. The molecule has 0 aliphatic heterocycles. The Balaban J connectivity index is 1.21. The van der Waals surface area contributed by atoms with Crippen LogP contribution in [-0.4, -0.2) is 9.13 Å². The molecular formula is C46H31N3. The van der Waals surface area contributed by atoms with Crippen LogP contribution in [-0.2, 0) is 5.41 Å². The number of hydrogen-bond donors (Lipinski definition) is 0. The molecule has 49 heavy (non-hydrogen) atoms. The average Bonchev–Trinajstić information content (AvgIpc) is 3.75. The molecule has 2 heterocycles. The SMILES string of the molecule is CC1(C)c2ccccc2-c2ccc3c4cc(C#N)ccc4n(-c4cccc(-c5cccc(-n6c7ccccc7c7ccccc76)c5)c4)c3c21. The Labute approximate surface area is 284 Å². The number of para-hydroxylation sites is 2. The van der Waals surface area contributed by atoms with Crippen molar-refractivity contribution in [2.45, 2.75) is 19.3 Å². The Morgan fingerprint density at radius 1 is 0.490 bits per heavy atom. The van der Waals surface area contributed by atoms with Gasteiger partial charge in [0.25, 0.3) is 0 Å². The first-order chi connectivity index (χ1) is 24.0. The monoisotopic (exact) mass is 625 g/mol. The van der Waals surface area contributed by atoms with Crippen LogP contribution in [0.1, 0.15) is 30.5 Å². The van der Waals surface area contributed by atoms with Crippen LogP contribution in [0, 0.1) is 11.3 Å². The van der Waals surface area contributed by atoms with Crippen LogP contribution >= 0.6 is 0 Å². The summed E-state index contributed by atoms with van der Waals surface area (Å²) in [6.45, 7) is 4.69. The van der Waals surface area contributed by atoms with Gasteiger partial charge in [-0.15, -0.1) is 0 Å². The molecule has 7 aromatic carbocycles. The van der Waals surface area contributed by atoms with Crippen LogP contribution in [0.4, 0.5) is 0 Å². The second-order valence-corrected chi connectivity index (χ2v) is 13.7. The van der Waals surface area contributed by atoms with Crippen molar-refractivity contribution in [1.29, 1.82) is 5.26 Å². The molecule has 0 fully saturated rings. The molecule has 0 saturated heterocycles. The summed E-state index contributed by atoms with van der Waals surface area (Å²) >= 11 is 0. The van der Waals surface area contributed by atoms with Gasteiger partial charge in [0.15, 0.2) is 0 Å². The van der Waals surface area contributed by atoms with Crippen molar-refractivity contribution < 1.29 is 0 Å². The van der Waals surface area contributed by atoms with Crippen molar-refractivity contribution in [3.05, 3.63) is 168 Å². The number of benzene rings is 7. The van der Waals surface area contributed by atoms with E-state index in [0.717, 1.165) is 33.4 Å². The Kier molecular flexibility index (Phi) is 5.69. The predicted octanol–water partition coefficient (Wildman–Crippen LogP) is 11.7. The van der Waals surface area contributed by atoms with E-state index in [0.29, 0.717) is 5.56 Å². The maximum atomic E-state index is 9.86. The van der Waals surface area contributed by atoms with Crippen molar-refractivity contribution in [2.24, 2.45) is 0 Å². The Morgan fingerprint density at radius 3 is 1.80 bits per heavy atom. The summed E-state index contributed by atoms with van der Waals surface area (Å²) in [6, 6.07) is 56.9. The van der Waals surface area contributed by atoms with Crippen molar-refractivity contribution >= 4 is 43.6 Å². The van der Waals surface area contributed by atoms with Gasteiger partial charge < -0.3 is 9.13 Å². The first kappa shape index (κ1) is 27.7. The zero-order valence-corrected chi connectivity index (χ0v) is 27.3. The highest BCUT2D eigenvalue weighted by Crippen LogP contribution is 2.53. The molecule has 0 spiro atoms. The first-order valence-electron chi connectivity index (χ1n) is 16.8. The Bertz CT molecular complexity index is 2820. The maximum absolute atomic E-state index is 9.86. The molecule has 3 heteroatoms. The van der Waals surface area contributed by atoms with Gasteiger partial charge in [0.1, 0.15) is 0 Å². The molecular weight excluding hydrogens is 595 g/mol. The van der Waals surface area contributed by atoms with Crippen molar-refractivity contribution in [1.82, 2.24) is 9.13 Å². The van der Waals surface area contributed by atoms with Gasteiger partial charge in [0.2, 0.25) is 0 Å². The summed E-state index contributed by atoms with van der Waals surface area (Å²) in [6.07, 6.45) is 0. The minimum Gasteiger partial charge on any atom is -0.309 e. The van der Waals surface area contributed by atoms with E-state index in [1.165, 1.54) is 55.0 Å². The van der Waals surface area contributed by atoms with Gasteiger partial charge in [-0.2, -0.15) is 5.26 Å². The molecule has 0 saturated carbocycles. The van der Waals surface area contributed by atoms with Gasteiger partial charge in [-0.3, -0.25) is 0 Å². The van der Waals surface area contributed by atoms with Gasteiger partial charge in [0.05, 0.1) is 33.7 Å². The Hall–Kier alpha value is -6.37. The summed E-state index contributed by atoms with van der Waals surface area (Å²) < 4.78 is 4.80. The van der Waals surface area contributed by atoms with Crippen molar-refractivity contribution in [3.8, 4) is 39.7 Å². The van der Waals surface area contributed by atoms with E-state index in [1.807, 2.05) is 6.07 Å². The van der Waals surface area contributed by atoms with Gasteiger partial charge in [-0.25, -0.2) is 0 Å². The summed E-state index contributed by atoms with van der Waals surface area (Å²) in [5, 5.41) is 14.6. The number of fused-ring (bicyclic) bond motifs is 10. The first-order valence-corrected chi connectivity index (χ1v) is 16.8. The van der Waals surface area contributed by atoms with E-state index >= 15 is 0 Å². The maximum Gasteiger partial charge on any atom is 0.0991 e. The lowest BCUT2D eigenvalue weighted by molar-refractivity contribution is 0.664. The topological polar surface area (TPSA) is 33.6 Å². The highest BCUT2D eigenvalue weighted by molar-refractivity contribution is 6.13. The summed E-state index contributed by atoms with van der Waals surface area (Å²) in [7, 11) is 0. The van der Waals surface area contributed by atoms with Crippen LogP contribution in [0.3, 0.4) is 0 Å². The van der Waals surface area contributed by atoms with Gasteiger partial charge in [0, 0.05) is 38.3 Å². The fourth-order valence-corrected chi connectivity index (χ4v) is 8.55. The van der Waals surface area contributed by atoms with E-state index in [1.54, 1.807) is 0 Å². The third-order valence-electron chi connectivity index (χ3n) is 10.7. The molecule has 3 nitrogen and oxygen atoms in total. The highest BCUT2D eigenvalue weighted by Gasteiger charge is 2.38. The lowest BCUT2D eigenvalue weighted by Gasteiger charge is -2.23. The van der Waals surface area contributed by atoms with Crippen LogP contribution in [0.2, 0.25) is 0 Å². The molecule has 0 N–H and O–H groups in total. The van der Waals surface area contributed by atoms with Crippen molar-refractivity contribution in [2.75, 3.05) is 0 Å². The van der Waals surface area contributed by atoms with E-state index < -0.39 is 0 Å². The van der Waals surface area contributed by atoms with Gasteiger partial charge in [-0.1, -0.05) is 111 Å². The third kappa shape index (κ3) is 3.83. The number of nitrogens with zero attached hydrogens (tertiary/aromatic N) is 3. The summed E-state index contributed by atoms with van der Waals surface area (Å²) in [4.78, 5) is 0. The summed E-state index contributed by atoms with van der Waals surface area (Å²) in [5.74, 6) is 0. The molecule has 0 bridgehead atoms. The van der Waals surface area contributed by atoms with E-state index in [9.17, 15) is 5.26 Å². The molecule has 9 aromatic rings. The zero-order chi connectivity index (χ0) is 32.9. The number of nitriles is 1. The molecule has 0 amide bonds. The fourth-order valence-electron chi connectivity index (χ4n) is 8.55. The van der Waals surface area contributed by atoms with Crippen molar-refractivity contribution in [3.63, 3.8) is 0 Å². The van der Waals surface area contributed by atoms with Crippen LogP contribution in [0.5, 0.6) is 0 Å². The molecule has 2 aromatic heterocycles. The van der Waals surface area contributed by atoms with E-state index in [-0.39, 0.29) is 5.41 Å². The molecule has 1 aliphatic carbocycles. The molecule has 0 unspecified atom stereocenters. The molecule has 230 valence electrons. The second-order valence-electron chi connectivity index (χ2n) is 13.7. The van der Waals surface area contributed by atoms with Gasteiger partial charge in [-0.05, 0) is 88.0 Å². The van der Waals surface area contributed by atoms with E-state index in [4.69, 9.17) is 0 Å². The standard InChI is InChI=1S/C46H31N3/c1-46(2)40-18-6-3-15-34(40)37-22-23-38-39-25-29(28-47)21-24-43(39)49(45(38)44(37)46)33-14-10-12-31(27-33)30-11-9-13-32(26-30)48-41-19-7-4-16-35(41)36-17-5-8-20-42(36)48/h3-27H,1-2H3. The van der Waals surface area contributed by atoms with E-state index in [2.05, 4.69) is 175 Å². The predicted molar refractivity (Wildman–Crippen MR) is 203 cm³/mol. The lowest BCUT2D eigenvalue weighted by atomic mass is 9.81. The highest BCUT2D eigenvalue weighted by atomic mass is 15.0. The van der Waals surface area contributed by atoms with Crippen LogP contribution in [0.25, 0.3) is 77.2 Å². The van der Waals surface area contributed by atoms with Crippen LogP contribution in [0.15, 0.2) is 152 Å².